The van der Waals surface area contributed by atoms with E-state index in [2.05, 4.69) is 5.32 Å². The predicted molar refractivity (Wildman–Crippen MR) is 138 cm³/mol. The average Bonchev–Trinajstić information content (AvgIpc) is 2.80. The molecule has 7 nitrogen and oxygen atoms in total. The number of carbonyl (C=O) groups is 2. The summed E-state index contributed by atoms with van der Waals surface area (Å²) in [5.41, 5.74) is -0.965. The Morgan fingerprint density at radius 1 is 1.11 bits per heavy atom. The van der Waals surface area contributed by atoms with Crippen molar-refractivity contribution in [1.29, 1.82) is 0 Å². The van der Waals surface area contributed by atoms with E-state index in [1.165, 1.54) is 13.0 Å². The van der Waals surface area contributed by atoms with E-state index in [-0.39, 0.29) is 17.3 Å². The van der Waals surface area contributed by atoms with Crippen LogP contribution in [-0.4, -0.2) is 50.5 Å². The molecule has 2 aromatic carbocycles. The van der Waals surface area contributed by atoms with E-state index in [1.807, 2.05) is 6.92 Å². The summed E-state index contributed by atoms with van der Waals surface area (Å²) in [5.74, 6) is -1.29. The molecule has 0 bridgehead atoms. The molecule has 37 heavy (non-hydrogen) atoms. The number of benzene rings is 2. The summed E-state index contributed by atoms with van der Waals surface area (Å²) in [4.78, 5) is 27.4. The lowest BCUT2D eigenvalue weighted by molar-refractivity contribution is -0.139. The number of unbranched alkanes of at least 4 members (excludes halogenated alkanes) is 1. The number of carbonyl (C=O) groups excluding carboxylic acids is 2. The predicted octanol–water partition coefficient (Wildman–Crippen LogP) is 5.11. The van der Waals surface area contributed by atoms with Crippen molar-refractivity contribution < 1.29 is 31.2 Å². The number of nitrogens with one attached hydrogen (secondary N) is 1. The maximum Gasteiger partial charge on any atom is 0.416 e. The van der Waals surface area contributed by atoms with Crippen LogP contribution in [0.3, 0.4) is 0 Å². The summed E-state index contributed by atoms with van der Waals surface area (Å²) < 4.78 is 65.4. The number of hydrogen-bond donors (Lipinski definition) is 1. The zero-order chi connectivity index (χ0) is 28.0. The van der Waals surface area contributed by atoms with Gasteiger partial charge < -0.3 is 10.2 Å². The Morgan fingerprint density at radius 2 is 1.78 bits per heavy atom. The maximum atomic E-state index is 13.5. The summed E-state index contributed by atoms with van der Waals surface area (Å²) in [6.45, 7) is 2.79. The summed E-state index contributed by atoms with van der Waals surface area (Å²) >= 11 is 12.2. The van der Waals surface area contributed by atoms with Gasteiger partial charge in [-0.05, 0) is 49.2 Å². The fraction of sp³-hybridized carbons (Fsp3) is 0.417. The van der Waals surface area contributed by atoms with Crippen LogP contribution in [0.25, 0.3) is 0 Å². The first-order valence-corrected chi connectivity index (χ1v) is 13.9. The molecule has 0 aromatic heterocycles. The van der Waals surface area contributed by atoms with Crippen LogP contribution in [0.15, 0.2) is 42.5 Å². The highest BCUT2D eigenvalue weighted by molar-refractivity contribution is 7.92. The number of anilines is 1. The molecule has 1 N–H and O–H groups in total. The van der Waals surface area contributed by atoms with E-state index in [0.29, 0.717) is 33.9 Å². The Balaban J connectivity index is 2.44. The van der Waals surface area contributed by atoms with Crippen molar-refractivity contribution in [3.05, 3.63) is 63.6 Å². The molecular weight excluding hydrogens is 554 g/mol. The van der Waals surface area contributed by atoms with E-state index in [1.54, 1.807) is 12.1 Å². The number of halogens is 5. The summed E-state index contributed by atoms with van der Waals surface area (Å²) in [7, 11) is -4.18. The maximum absolute atomic E-state index is 13.5. The van der Waals surface area contributed by atoms with Gasteiger partial charge in [-0.2, -0.15) is 13.2 Å². The second kappa shape index (κ2) is 12.8. The topological polar surface area (TPSA) is 86.8 Å². The van der Waals surface area contributed by atoms with Gasteiger partial charge in [0.1, 0.15) is 12.6 Å². The highest BCUT2D eigenvalue weighted by atomic mass is 35.5. The average molecular weight is 582 g/mol. The number of amides is 2. The molecule has 2 amide bonds. The minimum atomic E-state index is -4.72. The molecule has 0 heterocycles. The number of alkyl halides is 3. The van der Waals surface area contributed by atoms with Crippen molar-refractivity contribution in [2.24, 2.45) is 0 Å². The Kier molecular flexibility index (Phi) is 10.7. The molecule has 0 saturated heterocycles. The number of rotatable bonds is 11. The zero-order valence-electron chi connectivity index (χ0n) is 20.5. The standard InChI is InChI=1S/C24H28Cl2F3N3O4S/c1-4-5-11-30-23(34)16(2)31(14-17-9-10-19(25)13-21(17)26)22(33)15-32(37(3,35)36)20-8-6-7-18(12-20)24(27,28)29/h6-10,12-13,16H,4-5,11,14-15H2,1-3H3,(H,30,34)/t16-/m1/s1. The fourth-order valence-corrected chi connectivity index (χ4v) is 4.71. The van der Waals surface area contributed by atoms with Gasteiger partial charge in [-0.15, -0.1) is 0 Å². The van der Waals surface area contributed by atoms with Gasteiger partial charge in [0.25, 0.3) is 0 Å². The van der Waals surface area contributed by atoms with Gasteiger partial charge in [0.05, 0.1) is 17.5 Å². The van der Waals surface area contributed by atoms with Gasteiger partial charge in [0, 0.05) is 23.1 Å². The molecule has 2 aromatic rings. The van der Waals surface area contributed by atoms with Crippen molar-refractivity contribution in [2.75, 3.05) is 23.7 Å². The van der Waals surface area contributed by atoms with E-state index in [9.17, 15) is 31.2 Å². The minimum Gasteiger partial charge on any atom is -0.354 e. The summed E-state index contributed by atoms with van der Waals surface area (Å²) in [6, 6.07) is 7.17. The van der Waals surface area contributed by atoms with Gasteiger partial charge in [0.15, 0.2) is 0 Å². The SMILES string of the molecule is CCCCNC(=O)[C@@H](C)N(Cc1ccc(Cl)cc1Cl)C(=O)CN(c1cccc(C(F)(F)F)c1)S(C)(=O)=O. The lowest BCUT2D eigenvalue weighted by Crippen LogP contribution is -2.51. The summed E-state index contributed by atoms with van der Waals surface area (Å²) in [6.07, 6.45) is -2.39. The first kappa shape index (κ1) is 30.7. The molecule has 0 saturated carbocycles. The van der Waals surface area contributed by atoms with Gasteiger partial charge in [-0.3, -0.25) is 13.9 Å². The second-order valence-corrected chi connectivity index (χ2v) is 11.1. The number of nitrogens with zero attached hydrogens (tertiary/aromatic N) is 2. The van der Waals surface area contributed by atoms with Crippen molar-refractivity contribution in [2.45, 2.75) is 45.5 Å². The number of sulfonamides is 1. The highest BCUT2D eigenvalue weighted by Crippen LogP contribution is 2.32. The van der Waals surface area contributed by atoms with Gasteiger partial charge in [0.2, 0.25) is 21.8 Å². The Labute approximate surface area is 224 Å². The molecule has 2 rings (SSSR count). The normalized spacial score (nSPS) is 12.6. The molecular formula is C24H28Cl2F3N3O4S. The first-order chi connectivity index (χ1) is 17.1. The molecule has 0 aliphatic rings. The van der Waals surface area contributed by atoms with Gasteiger partial charge in [-0.25, -0.2) is 8.42 Å². The Bertz CT molecular complexity index is 1230. The second-order valence-electron chi connectivity index (χ2n) is 8.40. The third-order valence-electron chi connectivity index (χ3n) is 5.49. The third kappa shape index (κ3) is 8.79. The van der Waals surface area contributed by atoms with Crippen LogP contribution in [0.1, 0.15) is 37.8 Å². The van der Waals surface area contributed by atoms with Crippen molar-refractivity contribution in [1.82, 2.24) is 10.2 Å². The van der Waals surface area contributed by atoms with Crippen LogP contribution in [0.5, 0.6) is 0 Å². The molecule has 1 atom stereocenters. The van der Waals surface area contributed by atoms with Crippen molar-refractivity contribution in [3.8, 4) is 0 Å². The van der Waals surface area contributed by atoms with E-state index in [4.69, 9.17) is 23.2 Å². The third-order valence-corrected chi connectivity index (χ3v) is 7.22. The smallest absolute Gasteiger partial charge is 0.354 e. The van der Waals surface area contributed by atoms with Crippen molar-refractivity contribution >= 4 is 50.7 Å². The lowest BCUT2D eigenvalue weighted by Gasteiger charge is -2.31. The monoisotopic (exact) mass is 581 g/mol. The van der Waals surface area contributed by atoms with Crippen LogP contribution in [-0.2, 0) is 32.3 Å². The lowest BCUT2D eigenvalue weighted by atomic mass is 10.1. The zero-order valence-corrected chi connectivity index (χ0v) is 22.8. The van der Waals surface area contributed by atoms with E-state index >= 15 is 0 Å². The fourth-order valence-electron chi connectivity index (χ4n) is 3.40. The number of hydrogen-bond acceptors (Lipinski definition) is 4. The van der Waals surface area contributed by atoms with E-state index < -0.39 is 46.2 Å². The van der Waals surface area contributed by atoms with E-state index in [0.717, 1.165) is 35.8 Å². The van der Waals surface area contributed by atoms with Crippen LogP contribution < -0.4 is 9.62 Å². The highest BCUT2D eigenvalue weighted by Gasteiger charge is 2.33. The van der Waals surface area contributed by atoms with Crippen molar-refractivity contribution in [3.63, 3.8) is 0 Å². The molecule has 204 valence electrons. The van der Waals surface area contributed by atoms with Gasteiger partial charge >= 0.3 is 6.18 Å². The molecule has 13 heteroatoms. The largest absolute Gasteiger partial charge is 0.416 e. The summed E-state index contributed by atoms with van der Waals surface area (Å²) in [5, 5.41) is 3.30. The molecule has 0 spiro atoms. The molecule has 0 unspecified atom stereocenters. The van der Waals surface area contributed by atoms with Crippen LogP contribution in [0.4, 0.5) is 18.9 Å². The van der Waals surface area contributed by atoms with Crippen LogP contribution in [0.2, 0.25) is 10.0 Å². The first-order valence-electron chi connectivity index (χ1n) is 11.3. The van der Waals surface area contributed by atoms with Gasteiger partial charge in [-0.1, -0.05) is 48.7 Å². The molecule has 0 aliphatic heterocycles. The minimum absolute atomic E-state index is 0.169. The van der Waals surface area contributed by atoms with Crippen LogP contribution >= 0.6 is 23.2 Å². The molecule has 0 radical (unpaired) electrons. The molecule has 0 fully saturated rings. The quantitative estimate of drug-likeness (QED) is 0.373. The Hall–Kier alpha value is -2.50. The van der Waals surface area contributed by atoms with Crippen LogP contribution in [0, 0.1) is 0 Å². The Morgan fingerprint density at radius 3 is 2.35 bits per heavy atom. The molecule has 0 aliphatic carbocycles.